The molecule has 0 fully saturated rings. The lowest BCUT2D eigenvalue weighted by molar-refractivity contribution is 0.0945. The summed E-state index contributed by atoms with van der Waals surface area (Å²) in [6.07, 6.45) is 8.37. The molecule has 16 heavy (non-hydrogen) atoms. The maximum Gasteiger partial charge on any atom is 0.271 e. The number of carbonyl (C=O) groups excluding carboxylic acids is 1. The highest BCUT2D eigenvalue weighted by Crippen LogP contribution is 1.99. The van der Waals surface area contributed by atoms with Crippen LogP contribution >= 0.6 is 0 Å². The first-order valence-corrected chi connectivity index (χ1v) is 4.91. The Bertz CT molecular complexity index is 478. The lowest BCUT2D eigenvalue weighted by atomic mass is 10.3. The smallest absolute Gasteiger partial charge is 0.271 e. The second-order valence-corrected chi connectivity index (χ2v) is 3.46. The zero-order valence-corrected chi connectivity index (χ0v) is 8.92. The molecule has 0 saturated heterocycles. The van der Waals surface area contributed by atoms with Gasteiger partial charge < -0.3 is 9.88 Å². The molecule has 1 N–H and O–H groups in total. The van der Waals surface area contributed by atoms with Gasteiger partial charge in [-0.3, -0.25) is 9.78 Å². The fraction of sp³-hybridized carbons (Fsp3) is 0.182. The van der Waals surface area contributed by atoms with Gasteiger partial charge in [-0.1, -0.05) is 0 Å². The second kappa shape index (κ2) is 4.57. The van der Waals surface area contributed by atoms with E-state index in [9.17, 15) is 4.79 Å². The molecule has 0 radical (unpaired) electrons. The van der Waals surface area contributed by atoms with Crippen molar-refractivity contribution in [2.24, 2.45) is 7.05 Å². The van der Waals surface area contributed by atoms with Crippen LogP contribution in [0.2, 0.25) is 0 Å². The highest BCUT2D eigenvalue weighted by Gasteiger charge is 2.06. The summed E-state index contributed by atoms with van der Waals surface area (Å²) in [6, 6.07) is 1.96. The van der Waals surface area contributed by atoms with Crippen molar-refractivity contribution in [1.82, 2.24) is 19.9 Å². The van der Waals surface area contributed by atoms with Crippen LogP contribution in [0.1, 0.15) is 16.1 Å². The molecule has 0 aliphatic carbocycles. The summed E-state index contributed by atoms with van der Waals surface area (Å²) in [5, 5.41) is 2.77. The predicted octanol–water partition coefficient (Wildman–Crippen LogP) is 0.745. The summed E-state index contributed by atoms with van der Waals surface area (Å²) in [6.45, 7) is 0.496. The maximum absolute atomic E-state index is 11.6. The van der Waals surface area contributed by atoms with Crippen LogP contribution < -0.4 is 5.32 Å². The van der Waals surface area contributed by atoms with E-state index in [-0.39, 0.29) is 5.91 Å². The number of nitrogens with zero attached hydrogens (tertiary/aromatic N) is 3. The molecule has 2 aromatic rings. The summed E-state index contributed by atoms with van der Waals surface area (Å²) in [5.41, 5.74) is 1.39. The van der Waals surface area contributed by atoms with Gasteiger partial charge in [-0.2, -0.15) is 0 Å². The summed E-state index contributed by atoms with van der Waals surface area (Å²) < 4.78 is 1.93. The van der Waals surface area contributed by atoms with Crippen molar-refractivity contribution in [2.75, 3.05) is 0 Å². The van der Waals surface area contributed by atoms with Gasteiger partial charge in [0.1, 0.15) is 5.69 Å². The Hall–Kier alpha value is -2.17. The number of hydrogen-bond acceptors (Lipinski definition) is 3. The van der Waals surface area contributed by atoms with Crippen LogP contribution in [-0.2, 0) is 13.6 Å². The number of aryl methyl sites for hydroxylation is 1. The lowest BCUT2D eigenvalue weighted by Gasteiger charge is -2.01. The number of rotatable bonds is 3. The minimum atomic E-state index is -0.211. The quantitative estimate of drug-likeness (QED) is 0.823. The molecule has 0 atom stereocenters. The van der Waals surface area contributed by atoms with Gasteiger partial charge in [-0.05, 0) is 11.6 Å². The van der Waals surface area contributed by atoms with Crippen molar-refractivity contribution in [3.63, 3.8) is 0 Å². The van der Waals surface area contributed by atoms with Gasteiger partial charge in [-0.15, -0.1) is 0 Å². The molecule has 1 amide bonds. The van der Waals surface area contributed by atoms with E-state index in [1.807, 2.05) is 30.1 Å². The van der Waals surface area contributed by atoms with E-state index in [2.05, 4.69) is 15.3 Å². The van der Waals surface area contributed by atoms with Gasteiger partial charge in [0.15, 0.2) is 0 Å². The number of hydrogen-bond donors (Lipinski definition) is 1. The van der Waals surface area contributed by atoms with Crippen LogP contribution in [0.15, 0.2) is 37.1 Å². The van der Waals surface area contributed by atoms with Gasteiger partial charge in [0.2, 0.25) is 0 Å². The molecule has 5 nitrogen and oxygen atoms in total. The topological polar surface area (TPSA) is 59.8 Å². The summed E-state index contributed by atoms with van der Waals surface area (Å²) in [7, 11) is 1.94. The third kappa shape index (κ3) is 2.44. The molecule has 0 aliphatic heterocycles. The van der Waals surface area contributed by atoms with E-state index in [4.69, 9.17) is 0 Å². The summed E-state index contributed by atoms with van der Waals surface area (Å²) in [4.78, 5) is 19.4. The van der Waals surface area contributed by atoms with Gasteiger partial charge in [-0.25, -0.2) is 4.98 Å². The van der Waals surface area contributed by atoms with Crippen molar-refractivity contribution < 1.29 is 4.79 Å². The Labute approximate surface area is 93.2 Å². The molecule has 2 aromatic heterocycles. The van der Waals surface area contributed by atoms with Gasteiger partial charge >= 0.3 is 0 Å². The zero-order chi connectivity index (χ0) is 11.4. The van der Waals surface area contributed by atoms with Crippen molar-refractivity contribution in [3.8, 4) is 0 Å². The monoisotopic (exact) mass is 216 g/mol. The third-order valence-corrected chi connectivity index (χ3v) is 2.14. The van der Waals surface area contributed by atoms with Crippen LogP contribution in [-0.4, -0.2) is 20.4 Å². The molecule has 5 heteroatoms. The Balaban J connectivity index is 1.94. The molecule has 0 bridgehead atoms. The Morgan fingerprint density at radius 1 is 1.50 bits per heavy atom. The largest absolute Gasteiger partial charge is 0.357 e. The number of carbonyl (C=O) groups is 1. The van der Waals surface area contributed by atoms with Gasteiger partial charge in [0.25, 0.3) is 5.91 Å². The highest BCUT2D eigenvalue weighted by atomic mass is 16.1. The predicted molar refractivity (Wildman–Crippen MR) is 58.6 cm³/mol. The van der Waals surface area contributed by atoms with E-state index in [0.29, 0.717) is 12.2 Å². The summed E-state index contributed by atoms with van der Waals surface area (Å²) in [5.74, 6) is -0.211. The zero-order valence-electron chi connectivity index (χ0n) is 8.92. The van der Waals surface area contributed by atoms with Crippen LogP contribution in [0.25, 0.3) is 0 Å². The SMILES string of the molecule is Cn1ccc(CNC(=O)c2cnccn2)c1. The summed E-state index contributed by atoms with van der Waals surface area (Å²) >= 11 is 0. The minimum absolute atomic E-state index is 0.211. The third-order valence-electron chi connectivity index (χ3n) is 2.14. The normalized spacial score (nSPS) is 10.1. The number of amides is 1. The van der Waals surface area contributed by atoms with Crippen LogP contribution in [0.3, 0.4) is 0 Å². The molecule has 2 rings (SSSR count). The van der Waals surface area contributed by atoms with Crippen molar-refractivity contribution in [2.45, 2.75) is 6.54 Å². The van der Waals surface area contributed by atoms with E-state index >= 15 is 0 Å². The maximum atomic E-state index is 11.6. The molecule has 2 heterocycles. The Kier molecular flexibility index (Phi) is 2.95. The fourth-order valence-corrected chi connectivity index (χ4v) is 1.35. The highest BCUT2D eigenvalue weighted by molar-refractivity contribution is 5.91. The van der Waals surface area contributed by atoms with Crippen LogP contribution in [0.4, 0.5) is 0 Å². The van der Waals surface area contributed by atoms with E-state index in [1.165, 1.54) is 18.6 Å². The van der Waals surface area contributed by atoms with E-state index in [0.717, 1.165) is 5.56 Å². The molecular weight excluding hydrogens is 204 g/mol. The molecule has 82 valence electrons. The molecule has 0 spiro atoms. The number of aromatic nitrogens is 3. The van der Waals surface area contributed by atoms with Gasteiger partial charge in [0.05, 0.1) is 6.20 Å². The average molecular weight is 216 g/mol. The molecule has 0 aromatic carbocycles. The molecule has 0 aliphatic rings. The van der Waals surface area contributed by atoms with Crippen molar-refractivity contribution in [1.29, 1.82) is 0 Å². The first-order valence-electron chi connectivity index (χ1n) is 4.91. The van der Waals surface area contributed by atoms with Crippen LogP contribution in [0.5, 0.6) is 0 Å². The van der Waals surface area contributed by atoms with Gasteiger partial charge in [0, 0.05) is 38.4 Å². The van der Waals surface area contributed by atoms with Crippen molar-refractivity contribution >= 4 is 5.91 Å². The molecule has 0 saturated carbocycles. The van der Waals surface area contributed by atoms with E-state index in [1.54, 1.807) is 0 Å². The fourth-order valence-electron chi connectivity index (χ4n) is 1.35. The van der Waals surface area contributed by atoms with Crippen molar-refractivity contribution in [3.05, 3.63) is 48.3 Å². The number of nitrogens with one attached hydrogen (secondary N) is 1. The minimum Gasteiger partial charge on any atom is -0.357 e. The van der Waals surface area contributed by atoms with E-state index < -0.39 is 0 Å². The van der Waals surface area contributed by atoms with Crippen LogP contribution in [0, 0.1) is 0 Å². The Morgan fingerprint density at radius 3 is 3.00 bits per heavy atom. The molecule has 0 unspecified atom stereocenters. The lowest BCUT2D eigenvalue weighted by Crippen LogP contribution is -2.23. The first kappa shape index (κ1) is 10.4. The molecular formula is C11H12N4O. The Morgan fingerprint density at radius 2 is 2.38 bits per heavy atom. The average Bonchev–Trinajstić information content (AvgIpc) is 2.73. The first-order chi connectivity index (χ1) is 7.75. The second-order valence-electron chi connectivity index (χ2n) is 3.46. The standard InChI is InChI=1S/C11H12N4O/c1-15-5-2-9(8-15)6-14-11(16)10-7-12-3-4-13-10/h2-5,7-8H,6H2,1H3,(H,14,16).